The van der Waals surface area contributed by atoms with Crippen molar-refractivity contribution in [1.29, 1.82) is 0 Å². The second-order valence-corrected chi connectivity index (χ2v) is 8.18. The number of aryl methyl sites for hydroxylation is 1. The third kappa shape index (κ3) is 5.18. The van der Waals surface area contributed by atoms with Gasteiger partial charge in [0.05, 0.1) is 22.7 Å². The molecule has 166 valence electrons. The Morgan fingerprint density at radius 2 is 1.94 bits per heavy atom. The number of ether oxygens (including phenoxy) is 1. The molecule has 4 aromatic rings. The Kier molecular flexibility index (Phi) is 6.65. The van der Waals surface area contributed by atoms with Crippen LogP contribution >= 0.6 is 15.9 Å². The van der Waals surface area contributed by atoms with Crippen molar-refractivity contribution in [3.05, 3.63) is 104 Å². The summed E-state index contributed by atoms with van der Waals surface area (Å²) in [7, 11) is 0. The van der Waals surface area contributed by atoms with Gasteiger partial charge in [-0.15, -0.1) is 0 Å². The monoisotopic (exact) mass is 505 g/mol. The third-order valence-electron chi connectivity index (χ3n) is 4.98. The predicted octanol–water partition coefficient (Wildman–Crippen LogP) is 4.88. The van der Waals surface area contributed by atoms with Crippen LogP contribution < -0.4 is 10.3 Å². The van der Waals surface area contributed by atoms with E-state index in [1.165, 1.54) is 4.68 Å². The van der Waals surface area contributed by atoms with Gasteiger partial charge in [-0.1, -0.05) is 47.1 Å². The summed E-state index contributed by atoms with van der Waals surface area (Å²) < 4.78 is 7.96. The molecule has 0 aliphatic heterocycles. The minimum atomic E-state index is -0.964. The highest BCUT2D eigenvalue weighted by atomic mass is 79.9. The molecule has 8 heteroatoms. The largest absolute Gasteiger partial charge is 0.489 e. The molecule has 1 heterocycles. The molecule has 0 radical (unpaired) electrons. The molecule has 0 amide bonds. The Bertz CT molecular complexity index is 1410. The molecule has 0 unspecified atom stereocenters. The number of nitrogens with zero attached hydrogens (tertiary/aromatic N) is 3. The van der Waals surface area contributed by atoms with Crippen LogP contribution in [0.25, 0.3) is 10.9 Å². The van der Waals surface area contributed by atoms with Crippen LogP contribution in [0.15, 0.2) is 81.1 Å². The maximum atomic E-state index is 13.0. The number of carboxylic acid groups (broad SMARTS) is 1. The minimum absolute atomic E-state index is 0.230. The lowest BCUT2D eigenvalue weighted by molar-refractivity contribution is 0.0697. The van der Waals surface area contributed by atoms with E-state index in [1.54, 1.807) is 36.5 Å². The van der Waals surface area contributed by atoms with Crippen molar-refractivity contribution in [3.8, 4) is 5.75 Å². The molecule has 4 rings (SSSR count). The molecule has 0 fully saturated rings. The fourth-order valence-corrected chi connectivity index (χ4v) is 3.62. The summed E-state index contributed by atoms with van der Waals surface area (Å²) in [6.07, 6.45) is 2.16. The molecule has 3 aromatic carbocycles. The van der Waals surface area contributed by atoms with E-state index >= 15 is 0 Å². The number of hydrogen-bond acceptors (Lipinski definition) is 5. The first-order valence-corrected chi connectivity index (χ1v) is 11.0. The van der Waals surface area contributed by atoms with Crippen LogP contribution in [0.5, 0.6) is 5.75 Å². The highest BCUT2D eigenvalue weighted by Gasteiger charge is 2.10. The topological polar surface area (TPSA) is 93.8 Å². The highest BCUT2D eigenvalue weighted by Crippen LogP contribution is 2.17. The zero-order chi connectivity index (χ0) is 23.4. The highest BCUT2D eigenvalue weighted by molar-refractivity contribution is 9.10. The first-order chi connectivity index (χ1) is 15.9. The fourth-order valence-electron chi connectivity index (χ4n) is 3.26. The molecule has 0 atom stereocenters. The Morgan fingerprint density at radius 3 is 2.67 bits per heavy atom. The number of hydrogen-bond donors (Lipinski definition) is 1. The number of aromatic carboxylic acids is 1. The lowest BCUT2D eigenvalue weighted by atomic mass is 10.1. The van der Waals surface area contributed by atoms with Crippen LogP contribution in [0.1, 0.15) is 34.2 Å². The summed E-state index contributed by atoms with van der Waals surface area (Å²) in [6, 6.07) is 19.3. The average molecular weight is 506 g/mol. The third-order valence-corrected chi connectivity index (χ3v) is 5.47. The van der Waals surface area contributed by atoms with Crippen molar-refractivity contribution in [3.63, 3.8) is 0 Å². The zero-order valence-corrected chi connectivity index (χ0v) is 19.3. The average Bonchev–Trinajstić information content (AvgIpc) is 2.83. The van der Waals surface area contributed by atoms with Gasteiger partial charge in [0.25, 0.3) is 5.56 Å². The maximum Gasteiger partial charge on any atom is 0.335 e. The van der Waals surface area contributed by atoms with Gasteiger partial charge in [-0.25, -0.2) is 9.78 Å². The van der Waals surface area contributed by atoms with Gasteiger partial charge in [0, 0.05) is 10.9 Å². The molecule has 0 saturated heterocycles. The van der Waals surface area contributed by atoms with E-state index in [4.69, 9.17) is 9.84 Å². The molecule has 1 aromatic heterocycles. The van der Waals surface area contributed by atoms with Crippen molar-refractivity contribution >= 4 is 39.0 Å². The molecule has 7 nitrogen and oxygen atoms in total. The first kappa shape index (κ1) is 22.4. The molecular formula is C25H20BrN3O4. The Labute approximate surface area is 198 Å². The van der Waals surface area contributed by atoms with Crippen molar-refractivity contribution in [2.75, 3.05) is 0 Å². The van der Waals surface area contributed by atoms with E-state index in [9.17, 15) is 9.59 Å². The van der Waals surface area contributed by atoms with Gasteiger partial charge in [0.2, 0.25) is 0 Å². The summed E-state index contributed by atoms with van der Waals surface area (Å²) in [4.78, 5) is 28.5. The van der Waals surface area contributed by atoms with E-state index in [2.05, 4.69) is 26.0 Å². The fraction of sp³-hybridized carbons (Fsp3) is 0.120. The van der Waals surface area contributed by atoms with Gasteiger partial charge in [-0.2, -0.15) is 9.78 Å². The quantitative estimate of drug-likeness (QED) is 0.361. The summed E-state index contributed by atoms with van der Waals surface area (Å²) >= 11 is 3.40. The predicted molar refractivity (Wildman–Crippen MR) is 130 cm³/mol. The number of carboxylic acids is 1. The zero-order valence-electron chi connectivity index (χ0n) is 17.7. The van der Waals surface area contributed by atoms with Crippen LogP contribution in [-0.4, -0.2) is 27.0 Å². The molecule has 33 heavy (non-hydrogen) atoms. The number of aromatic nitrogens is 2. The SMILES string of the molecule is CCc1nc2ccc(Br)cc2c(=O)n1N=Cc1cccc(OCc2ccc(C(=O)O)cc2)c1. The second kappa shape index (κ2) is 9.79. The lowest BCUT2D eigenvalue weighted by Gasteiger charge is -2.09. The molecule has 0 bridgehead atoms. The Morgan fingerprint density at radius 1 is 1.15 bits per heavy atom. The summed E-state index contributed by atoms with van der Waals surface area (Å²) in [5.41, 5.74) is 2.25. The minimum Gasteiger partial charge on any atom is -0.489 e. The second-order valence-electron chi connectivity index (χ2n) is 7.27. The van der Waals surface area contributed by atoms with Gasteiger partial charge in [-0.05, 0) is 53.6 Å². The van der Waals surface area contributed by atoms with Gasteiger partial charge in [0.15, 0.2) is 0 Å². The number of fused-ring (bicyclic) bond motifs is 1. The number of rotatable bonds is 7. The summed E-state index contributed by atoms with van der Waals surface area (Å²) in [5.74, 6) is 0.238. The van der Waals surface area contributed by atoms with Crippen LogP contribution in [-0.2, 0) is 13.0 Å². The van der Waals surface area contributed by atoms with Crippen LogP contribution in [0.3, 0.4) is 0 Å². The molecule has 0 aliphatic carbocycles. The number of carbonyl (C=O) groups is 1. The van der Waals surface area contributed by atoms with Gasteiger partial charge >= 0.3 is 5.97 Å². The molecule has 0 saturated carbocycles. The van der Waals surface area contributed by atoms with Crippen molar-refractivity contribution in [1.82, 2.24) is 9.66 Å². The molecule has 0 aliphatic rings. The van der Waals surface area contributed by atoms with Crippen molar-refractivity contribution in [2.24, 2.45) is 5.10 Å². The van der Waals surface area contributed by atoms with E-state index in [-0.39, 0.29) is 11.1 Å². The standard InChI is InChI=1S/C25H20BrN3O4/c1-2-23-28-22-11-10-19(26)13-21(22)24(30)29(23)27-14-17-4-3-5-20(12-17)33-15-16-6-8-18(9-7-16)25(31)32/h3-14H,2,15H2,1H3,(H,31,32). The summed E-state index contributed by atoms with van der Waals surface area (Å²) in [5, 5.41) is 13.9. The normalized spacial score (nSPS) is 11.2. The number of benzene rings is 3. The molecular weight excluding hydrogens is 486 g/mol. The molecule has 1 N–H and O–H groups in total. The van der Waals surface area contributed by atoms with E-state index in [1.807, 2.05) is 43.3 Å². The van der Waals surface area contributed by atoms with E-state index in [0.717, 1.165) is 15.6 Å². The smallest absolute Gasteiger partial charge is 0.335 e. The van der Waals surface area contributed by atoms with E-state index < -0.39 is 5.97 Å². The number of halogens is 1. The van der Waals surface area contributed by atoms with E-state index in [0.29, 0.717) is 35.5 Å². The summed E-state index contributed by atoms with van der Waals surface area (Å²) in [6.45, 7) is 2.22. The van der Waals surface area contributed by atoms with Crippen LogP contribution in [0.4, 0.5) is 0 Å². The van der Waals surface area contributed by atoms with Gasteiger partial charge in [-0.3, -0.25) is 4.79 Å². The Balaban J connectivity index is 1.55. The first-order valence-electron chi connectivity index (χ1n) is 10.2. The van der Waals surface area contributed by atoms with Gasteiger partial charge in [0.1, 0.15) is 18.2 Å². The molecule has 0 spiro atoms. The lowest BCUT2D eigenvalue weighted by Crippen LogP contribution is -2.22. The van der Waals surface area contributed by atoms with Crippen LogP contribution in [0, 0.1) is 0 Å². The maximum absolute atomic E-state index is 13.0. The van der Waals surface area contributed by atoms with Gasteiger partial charge < -0.3 is 9.84 Å². The van der Waals surface area contributed by atoms with Crippen molar-refractivity contribution < 1.29 is 14.6 Å². The Hall–Kier alpha value is -3.78. The van der Waals surface area contributed by atoms with Crippen molar-refractivity contribution in [2.45, 2.75) is 20.0 Å². The van der Waals surface area contributed by atoms with Crippen LogP contribution in [0.2, 0.25) is 0 Å².